The molecule has 3 aromatic carbocycles. The van der Waals surface area contributed by atoms with Gasteiger partial charge in [0.05, 0.1) is 41.5 Å². The van der Waals surface area contributed by atoms with E-state index in [4.69, 9.17) is 9.47 Å². The Bertz CT molecular complexity index is 1320. The third-order valence-electron chi connectivity index (χ3n) is 6.31. The second kappa shape index (κ2) is 10.8. The van der Waals surface area contributed by atoms with E-state index in [9.17, 15) is 10.1 Å². The lowest BCUT2D eigenvalue weighted by molar-refractivity contribution is -0.129. The molecule has 2 heterocycles. The van der Waals surface area contributed by atoms with Gasteiger partial charge in [-0.05, 0) is 42.3 Å². The summed E-state index contributed by atoms with van der Waals surface area (Å²) in [7, 11) is 0. The second-order valence-corrected chi connectivity index (χ2v) is 9.54. The Labute approximate surface area is 215 Å². The number of allylic oxidation sites excluding steroid dienone is 1. The smallest absolute Gasteiger partial charge is 0.229 e. The number of anilines is 1. The fourth-order valence-electron chi connectivity index (χ4n) is 4.56. The molecule has 6 nitrogen and oxygen atoms in total. The van der Waals surface area contributed by atoms with Gasteiger partial charge in [0, 0.05) is 12.3 Å². The largest absolute Gasteiger partial charge is 0.492 e. The Morgan fingerprint density at radius 3 is 2.64 bits per heavy atom. The van der Waals surface area contributed by atoms with Crippen LogP contribution in [0, 0.1) is 11.3 Å². The number of benzene rings is 3. The molecule has 0 saturated carbocycles. The third-order valence-corrected chi connectivity index (χ3v) is 7.46. The van der Waals surface area contributed by atoms with Crippen LogP contribution in [0.2, 0.25) is 0 Å². The summed E-state index contributed by atoms with van der Waals surface area (Å²) >= 11 is 1.52. The van der Waals surface area contributed by atoms with Crippen molar-refractivity contribution in [2.45, 2.75) is 25.9 Å². The van der Waals surface area contributed by atoms with Crippen LogP contribution in [0.3, 0.4) is 0 Å². The summed E-state index contributed by atoms with van der Waals surface area (Å²) < 4.78 is 11.8. The van der Waals surface area contributed by atoms with E-state index >= 15 is 0 Å². The summed E-state index contributed by atoms with van der Waals surface area (Å²) in [6.45, 7) is 3.38. The summed E-state index contributed by atoms with van der Waals surface area (Å²) in [5.74, 6) is 1.87. The van der Waals surface area contributed by atoms with Crippen molar-refractivity contribution in [1.82, 2.24) is 4.90 Å². The van der Waals surface area contributed by atoms with Gasteiger partial charge in [-0.15, -0.1) is 0 Å². The van der Waals surface area contributed by atoms with E-state index in [1.165, 1.54) is 11.8 Å². The minimum atomic E-state index is -0.288. The van der Waals surface area contributed by atoms with Gasteiger partial charge in [0.15, 0.2) is 0 Å². The van der Waals surface area contributed by atoms with Gasteiger partial charge < -0.3 is 14.4 Å². The van der Waals surface area contributed by atoms with E-state index in [1.807, 2.05) is 85.8 Å². The predicted octanol–water partition coefficient (Wildman–Crippen LogP) is 5.88. The van der Waals surface area contributed by atoms with Gasteiger partial charge >= 0.3 is 0 Å². The van der Waals surface area contributed by atoms with Crippen LogP contribution in [-0.4, -0.2) is 30.0 Å². The summed E-state index contributed by atoms with van der Waals surface area (Å²) in [5, 5.41) is 10.9. The van der Waals surface area contributed by atoms with Crippen molar-refractivity contribution in [1.29, 1.82) is 5.26 Å². The molecule has 5 rings (SSSR count). The number of para-hydroxylation sites is 2. The monoisotopic (exact) mass is 497 g/mol. The summed E-state index contributed by atoms with van der Waals surface area (Å²) in [5.41, 5.74) is 3.59. The SMILES string of the molecule is CCOc1ccccc1N1CSC2=C(C#N)C(c3cccc(OCc4ccccc4)c3)CC(=O)N2C1. The molecule has 0 aliphatic carbocycles. The number of nitrogens with zero attached hydrogens (tertiary/aromatic N) is 3. The standard InChI is InChI=1S/C29H27N3O3S/c1-2-34-27-14-7-6-13-26(27)31-19-32-28(33)16-24(25(17-30)29(32)36-20-31)22-11-8-12-23(15-22)35-18-21-9-4-3-5-10-21/h3-15,24H,2,16,18-20H2,1H3. The van der Waals surface area contributed by atoms with Crippen molar-refractivity contribution in [3.05, 3.63) is 101 Å². The molecule has 1 amide bonds. The van der Waals surface area contributed by atoms with Gasteiger partial charge in [-0.25, -0.2) is 0 Å². The molecular formula is C29H27N3O3S. The second-order valence-electron chi connectivity index (χ2n) is 8.61. The van der Waals surface area contributed by atoms with Crippen LogP contribution in [0.1, 0.15) is 30.4 Å². The Kier molecular flexibility index (Phi) is 7.15. The number of fused-ring (bicyclic) bond motifs is 1. The average Bonchev–Trinajstić information content (AvgIpc) is 2.93. The maximum atomic E-state index is 13.3. The first-order chi connectivity index (χ1) is 17.7. The first kappa shape index (κ1) is 23.8. The molecule has 36 heavy (non-hydrogen) atoms. The van der Waals surface area contributed by atoms with Crippen LogP contribution in [0.4, 0.5) is 5.69 Å². The summed E-state index contributed by atoms with van der Waals surface area (Å²) in [6, 6.07) is 28.0. The van der Waals surface area contributed by atoms with Gasteiger partial charge in [0.1, 0.15) is 18.1 Å². The van der Waals surface area contributed by atoms with E-state index in [2.05, 4.69) is 11.0 Å². The molecule has 0 N–H and O–H groups in total. The number of thioether (sulfide) groups is 1. The zero-order chi connectivity index (χ0) is 24.9. The van der Waals surface area contributed by atoms with Crippen molar-refractivity contribution in [3.63, 3.8) is 0 Å². The highest BCUT2D eigenvalue weighted by Gasteiger charge is 2.38. The minimum Gasteiger partial charge on any atom is -0.492 e. The Hall–Kier alpha value is -3.89. The van der Waals surface area contributed by atoms with Crippen LogP contribution >= 0.6 is 11.8 Å². The van der Waals surface area contributed by atoms with Crippen molar-refractivity contribution in [3.8, 4) is 17.6 Å². The maximum absolute atomic E-state index is 13.3. The molecule has 3 aromatic rings. The molecule has 2 aliphatic heterocycles. The summed E-state index contributed by atoms with van der Waals surface area (Å²) in [6.07, 6.45) is 0.246. The number of ether oxygens (including phenoxy) is 2. The Morgan fingerprint density at radius 1 is 1.03 bits per heavy atom. The quantitative estimate of drug-likeness (QED) is 0.406. The molecule has 7 heteroatoms. The molecule has 0 spiro atoms. The molecule has 0 bridgehead atoms. The number of amides is 1. The lowest BCUT2D eigenvalue weighted by Crippen LogP contribution is -2.47. The van der Waals surface area contributed by atoms with Crippen LogP contribution in [0.5, 0.6) is 11.5 Å². The van der Waals surface area contributed by atoms with Crippen LogP contribution in [0.25, 0.3) is 0 Å². The molecular weight excluding hydrogens is 470 g/mol. The van der Waals surface area contributed by atoms with Crippen LogP contribution in [-0.2, 0) is 11.4 Å². The first-order valence-corrected chi connectivity index (χ1v) is 13.0. The van der Waals surface area contributed by atoms with Gasteiger partial charge in [0.2, 0.25) is 5.91 Å². The summed E-state index contributed by atoms with van der Waals surface area (Å²) in [4.78, 5) is 17.2. The van der Waals surface area contributed by atoms with Crippen molar-refractivity contribution in [2.24, 2.45) is 0 Å². The average molecular weight is 498 g/mol. The molecule has 2 aliphatic rings. The first-order valence-electron chi connectivity index (χ1n) is 12.0. The van der Waals surface area contributed by atoms with E-state index in [-0.39, 0.29) is 18.2 Å². The van der Waals surface area contributed by atoms with Crippen LogP contribution in [0.15, 0.2) is 89.5 Å². The molecule has 1 unspecified atom stereocenters. The maximum Gasteiger partial charge on any atom is 0.229 e. The topological polar surface area (TPSA) is 65.8 Å². The number of hydrogen-bond donors (Lipinski definition) is 0. The lowest BCUT2D eigenvalue weighted by Gasteiger charge is -2.42. The fraction of sp³-hybridized carbons (Fsp3) is 0.241. The zero-order valence-electron chi connectivity index (χ0n) is 20.1. The molecule has 182 valence electrons. The number of carbonyl (C=O) groups is 1. The molecule has 0 aromatic heterocycles. The number of hydrogen-bond acceptors (Lipinski definition) is 6. The Balaban J connectivity index is 1.38. The Morgan fingerprint density at radius 2 is 1.83 bits per heavy atom. The van der Waals surface area contributed by atoms with E-state index in [0.29, 0.717) is 31.3 Å². The highest BCUT2D eigenvalue weighted by atomic mass is 32.2. The van der Waals surface area contributed by atoms with E-state index in [0.717, 1.165) is 33.3 Å². The van der Waals surface area contributed by atoms with Crippen LogP contribution < -0.4 is 14.4 Å². The van der Waals surface area contributed by atoms with Crippen molar-refractivity contribution >= 4 is 23.4 Å². The van der Waals surface area contributed by atoms with E-state index in [1.54, 1.807) is 4.90 Å². The zero-order valence-corrected chi connectivity index (χ0v) is 20.9. The number of carbonyl (C=O) groups excluding carboxylic acids is 1. The third kappa shape index (κ3) is 4.91. The van der Waals surface area contributed by atoms with Gasteiger partial charge in [0.25, 0.3) is 0 Å². The molecule has 0 radical (unpaired) electrons. The molecule has 1 fully saturated rings. The number of rotatable bonds is 7. The van der Waals surface area contributed by atoms with Gasteiger partial charge in [-0.3, -0.25) is 9.69 Å². The van der Waals surface area contributed by atoms with E-state index < -0.39 is 0 Å². The van der Waals surface area contributed by atoms with Crippen molar-refractivity contribution in [2.75, 3.05) is 24.1 Å². The van der Waals surface area contributed by atoms with Gasteiger partial charge in [-0.2, -0.15) is 5.26 Å². The normalized spacial score (nSPS) is 17.4. The highest BCUT2D eigenvalue weighted by Crippen LogP contribution is 2.44. The molecule has 1 atom stereocenters. The highest BCUT2D eigenvalue weighted by molar-refractivity contribution is 8.03. The number of nitriles is 1. The predicted molar refractivity (Wildman–Crippen MR) is 141 cm³/mol. The molecule has 1 saturated heterocycles. The van der Waals surface area contributed by atoms with Gasteiger partial charge in [-0.1, -0.05) is 66.4 Å². The van der Waals surface area contributed by atoms with Crippen molar-refractivity contribution < 1.29 is 14.3 Å². The minimum absolute atomic E-state index is 0.00991. The lowest BCUT2D eigenvalue weighted by atomic mass is 9.86. The fourth-order valence-corrected chi connectivity index (χ4v) is 5.72.